The summed E-state index contributed by atoms with van der Waals surface area (Å²) in [6.07, 6.45) is 0.541. The first kappa shape index (κ1) is 31.0. The minimum absolute atomic E-state index is 0.0206. The normalized spacial score (nSPS) is 19.2. The molecule has 0 saturated carbocycles. The van der Waals surface area contributed by atoms with E-state index in [9.17, 15) is 23.1 Å². The molecule has 0 fully saturated rings. The summed E-state index contributed by atoms with van der Waals surface area (Å²) in [4.78, 5) is 29.5. The van der Waals surface area contributed by atoms with Gasteiger partial charge in [-0.25, -0.2) is 8.42 Å². The zero-order chi connectivity index (χ0) is 28.7. The van der Waals surface area contributed by atoms with Gasteiger partial charge in [-0.05, 0) is 63.6 Å². The third-order valence-electron chi connectivity index (χ3n) is 6.81. The van der Waals surface area contributed by atoms with Gasteiger partial charge in [-0.3, -0.25) is 9.59 Å². The maximum Gasteiger partial charge on any atom is 0.252 e. The van der Waals surface area contributed by atoms with E-state index in [2.05, 4.69) is 5.32 Å². The van der Waals surface area contributed by atoms with Crippen LogP contribution in [0.1, 0.15) is 32.3 Å². The molecule has 2 heterocycles. The molecule has 3 rings (SSSR count). The lowest BCUT2D eigenvalue weighted by Gasteiger charge is -2.33. The molecule has 10 nitrogen and oxygen atoms in total. The molecule has 0 radical (unpaired) electrons. The van der Waals surface area contributed by atoms with Crippen molar-refractivity contribution in [3.05, 3.63) is 41.3 Å². The van der Waals surface area contributed by atoms with Gasteiger partial charge in [0.25, 0.3) is 10.0 Å². The molecule has 0 saturated heterocycles. The number of thiophene rings is 1. The van der Waals surface area contributed by atoms with E-state index in [1.165, 1.54) is 11.4 Å². The highest BCUT2D eigenvalue weighted by atomic mass is 32.2. The first-order chi connectivity index (χ1) is 18.4. The van der Waals surface area contributed by atoms with Crippen LogP contribution in [-0.2, 0) is 26.0 Å². The number of sulfonamides is 1. The van der Waals surface area contributed by atoms with Gasteiger partial charge >= 0.3 is 0 Å². The van der Waals surface area contributed by atoms with Crippen molar-refractivity contribution in [3.8, 4) is 5.75 Å². The Morgan fingerprint density at radius 1 is 1.28 bits per heavy atom. The van der Waals surface area contributed by atoms with Gasteiger partial charge in [-0.1, -0.05) is 13.0 Å². The number of ether oxygens (including phenoxy) is 1. The second kappa shape index (κ2) is 13.7. The summed E-state index contributed by atoms with van der Waals surface area (Å²) in [6.45, 7) is 4.65. The standard InChI is InChI=1S/C27H40N4O6S2/c1-19-16-31(20(2)18-32)26(34)15-21-14-22(28-25(33)8-6-12-29(3)4)10-11-23(21)37-24(19)17-30(5)39(35,36)27-9-7-13-38-27/h7,9-11,13-14,19-20,24,32H,6,8,12,15-18H2,1-5H3,(H,28,33)/t19-,20+,24+/m1/s1. The van der Waals surface area contributed by atoms with Gasteiger partial charge in [-0.15, -0.1) is 11.3 Å². The predicted molar refractivity (Wildman–Crippen MR) is 153 cm³/mol. The summed E-state index contributed by atoms with van der Waals surface area (Å²) in [5, 5.41) is 14.4. The molecule has 2 amide bonds. The van der Waals surface area contributed by atoms with Crippen molar-refractivity contribution in [2.75, 3.05) is 52.7 Å². The fourth-order valence-electron chi connectivity index (χ4n) is 4.42. The minimum atomic E-state index is -3.70. The van der Waals surface area contributed by atoms with Crippen LogP contribution in [-0.4, -0.2) is 99.0 Å². The molecule has 0 bridgehead atoms. The molecule has 3 atom stereocenters. The topological polar surface area (TPSA) is 119 Å². The molecule has 0 unspecified atom stereocenters. The summed E-state index contributed by atoms with van der Waals surface area (Å²) in [5.74, 6) is -0.0744. The zero-order valence-corrected chi connectivity index (χ0v) is 24.9. The quantitative estimate of drug-likeness (QED) is 0.419. The maximum absolute atomic E-state index is 13.4. The van der Waals surface area contributed by atoms with Gasteiger partial charge in [-0.2, -0.15) is 4.31 Å². The molecule has 39 heavy (non-hydrogen) atoms. The van der Waals surface area contributed by atoms with E-state index < -0.39 is 22.2 Å². The van der Waals surface area contributed by atoms with E-state index in [-0.39, 0.29) is 41.5 Å². The SMILES string of the molecule is C[C@@H]1CN([C@@H](C)CO)C(=O)Cc2cc(NC(=O)CCCN(C)C)ccc2O[C@H]1CN(C)S(=O)(=O)c1cccs1. The molecular formula is C27H40N4O6S2. The molecule has 1 aromatic carbocycles. The van der Waals surface area contributed by atoms with Gasteiger partial charge in [0, 0.05) is 37.2 Å². The van der Waals surface area contributed by atoms with Crippen LogP contribution in [0.3, 0.4) is 0 Å². The first-order valence-corrected chi connectivity index (χ1v) is 15.4. The Balaban J connectivity index is 1.89. The lowest BCUT2D eigenvalue weighted by Crippen LogP contribution is -2.48. The molecule has 1 aliphatic heterocycles. The number of benzene rings is 1. The Hall–Kier alpha value is -2.51. The molecule has 1 aromatic heterocycles. The number of likely N-dealkylation sites (N-methyl/N-ethyl adjacent to an activating group) is 1. The maximum atomic E-state index is 13.4. The van der Waals surface area contributed by atoms with Crippen LogP contribution < -0.4 is 10.1 Å². The predicted octanol–water partition coefficient (Wildman–Crippen LogP) is 2.50. The van der Waals surface area contributed by atoms with Crippen molar-refractivity contribution in [1.82, 2.24) is 14.1 Å². The van der Waals surface area contributed by atoms with Gasteiger partial charge < -0.3 is 25.0 Å². The number of amides is 2. The number of nitrogens with zero attached hydrogens (tertiary/aromatic N) is 3. The average Bonchev–Trinajstić information content (AvgIpc) is 3.43. The molecule has 0 spiro atoms. The van der Waals surface area contributed by atoms with Gasteiger partial charge in [0.05, 0.1) is 25.6 Å². The molecular weight excluding hydrogens is 540 g/mol. The lowest BCUT2D eigenvalue weighted by atomic mass is 10.0. The second-order valence-electron chi connectivity index (χ2n) is 10.4. The Morgan fingerprint density at radius 3 is 2.67 bits per heavy atom. The van der Waals surface area contributed by atoms with Crippen LogP contribution in [0, 0.1) is 5.92 Å². The van der Waals surface area contributed by atoms with Crippen molar-refractivity contribution in [2.24, 2.45) is 5.92 Å². The van der Waals surface area contributed by atoms with E-state index in [0.29, 0.717) is 30.0 Å². The minimum Gasteiger partial charge on any atom is -0.488 e. The summed E-state index contributed by atoms with van der Waals surface area (Å²) in [7, 11) is 1.73. The molecule has 2 aromatic rings. The Kier molecular flexibility index (Phi) is 10.9. The number of nitrogens with one attached hydrogen (secondary N) is 1. The average molecular weight is 581 g/mol. The van der Waals surface area contributed by atoms with Crippen molar-refractivity contribution in [3.63, 3.8) is 0 Å². The van der Waals surface area contributed by atoms with E-state index in [1.807, 2.05) is 25.9 Å². The summed E-state index contributed by atoms with van der Waals surface area (Å²) in [5.41, 5.74) is 1.15. The van der Waals surface area contributed by atoms with Crippen LogP contribution in [0.5, 0.6) is 5.75 Å². The number of fused-ring (bicyclic) bond motifs is 1. The largest absolute Gasteiger partial charge is 0.488 e. The van der Waals surface area contributed by atoms with E-state index >= 15 is 0 Å². The van der Waals surface area contributed by atoms with Gasteiger partial charge in [0.15, 0.2) is 0 Å². The highest BCUT2D eigenvalue weighted by Crippen LogP contribution is 2.30. The molecule has 0 aliphatic carbocycles. The molecule has 1 aliphatic rings. The van der Waals surface area contributed by atoms with Crippen molar-refractivity contribution in [1.29, 1.82) is 0 Å². The third-order valence-corrected chi connectivity index (χ3v) is 10.0. The number of carbonyl (C=O) groups is 2. The highest BCUT2D eigenvalue weighted by Gasteiger charge is 2.33. The van der Waals surface area contributed by atoms with E-state index in [1.54, 1.807) is 47.5 Å². The second-order valence-corrected chi connectivity index (χ2v) is 13.6. The zero-order valence-electron chi connectivity index (χ0n) is 23.3. The van der Waals surface area contributed by atoms with Crippen molar-refractivity contribution in [2.45, 2.75) is 49.5 Å². The van der Waals surface area contributed by atoms with Crippen LogP contribution in [0.2, 0.25) is 0 Å². The van der Waals surface area contributed by atoms with Crippen molar-refractivity contribution >= 4 is 38.9 Å². The number of rotatable bonds is 11. The number of hydrogen-bond donors (Lipinski definition) is 2. The Bertz CT molecular complexity index is 1220. The third kappa shape index (κ3) is 8.24. The highest BCUT2D eigenvalue weighted by molar-refractivity contribution is 7.91. The number of anilines is 1. The van der Waals surface area contributed by atoms with E-state index in [4.69, 9.17) is 4.74 Å². The summed E-state index contributed by atoms with van der Waals surface area (Å²) in [6, 6.07) is 8.02. The van der Waals surface area contributed by atoms with E-state index in [0.717, 1.165) is 24.3 Å². The number of carbonyl (C=O) groups excluding carboxylic acids is 2. The Morgan fingerprint density at radius 2 is 2.03 bits per heavy atom. The molecule has 2 N–H and O–H groups in total. The van der Waals surface area contributed by atoms with Gasteiger partial charge in [0.2, 0.25) is 11.8 Å². The van der Waals surface area contributed by atoms with Crippen molar-refractivity contribution < 1.29 is 27.9 Å². The monoisotopic (exact) mass is 580 g/mol. The fourth-order valence-corrected chi connectivity index (χ4v) is 6.80. The fraction of sp³-hybridized carbons (Fsp3) is 0.556. The number of hydrogen-bond acceptors (Lipinski definition) is 8. The number of aliphatic hydroxyl groups excluding tert-OH is 1. The smallest absolute Gasteiger partial charge is 0.252 e. The first-order valence-electron chi connectivity index (χ1n) is 13.1. The molecule has 216 valence electrons. The van der Waals surface area contributed by atoms with Gasteiger partial charge in [0.1, 0.15) is 16.1 Å². The lowest BCUT2D eigenvalue weighted by molar-refractivity contribution is -0.134. The Labute approximate surface area is 235 Å². The number of aliphatic hydroxyl groups is 1. The van der Waals surface area contributed by atoms with Crippen LogP contribution in [0.25, 0.3) is 0 Å². The van der Waals surface area contributed by atoms with Crippen LogP contribution in [0.4, 0.5) is 5.69 Å². The molecule has 12 heteroatoms. The van der Waals surface area contributed by atoms with Crippen LogP contribution in [0.15, 0.2) is 39.9 Å². The van der Waals surface area contributed by atoms with Crippen LogP contribution >= 0.6 is 11.3 Å². The summed E-state index contributed by atoms with van der Waals surface area (Å²) < 4.78 is 34.2. The summed E-state index contributed by atoms with van der Waals surface area (Å²) >= 11 is 1.15.